The first-order valence-electron chi connectivity index (χ1n) is 4.05. The fourth-order valence-electron chi connectivity index (χ4n) is 0.932. The summed E-state index contributed by atoms with van der Waals surface area (Å²) in [6, 6.07) is 1.66. The number of hydrogen-bond acceptors (Lipinski definition) is 6. The van der Waals surface area contributed by atoms with Crippen molar-refractivity contribution in [3.63, 3.8) is 0 Å². The first-order valence-corrected chi connectivity index (χ1v) is 4.05. The van der Waals surface area contributed by atoms with E-state index in [0.29, 0.717) is 11.5 Å². The van der Waals surface area contributed by atoms with Crippen LogP contribution in [-0.4, -0.2) is 25.2 Å². The smallest absolute Gasteiger partial charge is 0.255 e. The van der Waals surface area contributed by atoms with Gasteiger partial charge in [0, 0.05) is 6.20 Å². The molecule has 1 N–H and O–H groups in total. The van der Waals surface area contributed by atoms with Crippen LogP contribution in [0.25, 0.3) is 11.5 Å². The molecule has 0 aliphatic heterocycles. The van der Waals surface area contributed by atoms with Gasteiger partial charge in [-0.05, 0) is 13.0 Å². The van der Waals surface area contributed by atoms with E-state index < -0.39 is 6.10 Å². The summed E-state index contributed by atoms with van der Waals surface area (Å²) in [5.74, 6) is 0.530. The molecule has 0 unspecified atom stereocenters. The molecule has 0 radical (unpaired) electrons. The molecule has 0 amide bonds. The van der Waals surface area contributed by atoms with Crippen LogP contribution in [0.2, 0.25) is 0 Å². The largest absolute Gasteiger partial charge is 0.384 e. The monoisotopic (exact) mass is 192 g/mol. The summed E-state index contributed by atoms with van der Waals surface area (Å²) in [5.41, 5.74) is 0.565. The third-order valence-electron chi connectivity index (χ3n) is 1.61. The van der Waals surface area contributed by atoms with Gasteiger partial charge in [-0.15, -0.1) is 0 Å². The lowest BCUT2D eigenvalue weighted by Crippen LogP contribution is -1.91. The Hall–Kier alpha value is -1.82. The molecule has 2 aromatic heterocycles. The number of rotatable bonds is 2. The van der Waals surface area contributed by atoms with Gasteiger partial charge in [-0.25, -0.2) is 9.97 Å². The van der Waals surface area contributed by atoms with E-state index in [9.17, 15) is 0 Å². The van der Waals surface area contributed by atoms with E-state index in [1.54, 1.807) is 19.2 Å². The Morgan fingerprint density at radius 1 is 1.50 bits per heavy atom. The molecular weight excluding hydrogens is 184 g/mol. The van der Waals surface area contributed by atoms with E-state index in [2.05, 4.69) is 20.1 Å². The van der Waals surface area contributed by atoms with E-state index in [1.807, 2.05) is 0 Å². The van der Waals surface area contributed by atoms with Crippen LogP contribution >= 0.6 is 0 Å². The summed E-state index contributed by atoms with van der Waals surface area (Å²) in [7, 11) is 0. The number of hydrogen-bond donors (Lipinski definition) is 1. The van der Waals surface area contributed by atoms with Crippen LogP contribution in [0, 0.1) is 0 Å². The Morgan fingerprint density at radius 2 is 2.36 bits per heavy atom. The van der Waals surface area contributed by atoms with Crippen LogP contribution in [-0.2, 0) is 0 Å². The minimum absolute atomic E-state index is 0.179. The molecule has 0 aliphatic rings. The summed E-state index contributed by atoms with van der Waals surface area (Å²) in [6.45, 7) is 1.55. The third kappa shape index (κ3) is 1.60. The molecule has 2 rings (SSSR count). The summed E-state index contributed by atoms with van der Waals surface area (Å²) < 4.78 is 4.81. The second kappa shape index (κ2) is 3.51. The predicted molar refractivity (Wildman–Crippen MR) is 46.0 cm³/mol. The molecule has 0 spiro atoms. The highest BCUT2D eigenvalue weighted by Gasteiger charge is 2.12. The zero-order chi connectivity index (χ0) is 9.97. The maximum atomic E-state index is 9.15. The van der Waals surface area contributed by atoms with Gasteiger partial charge in [0.05, 0.1) is 0 Å². The van der Waals surface area contributed by atoms with Crippen molar-refractivity contribution in [2.24, 2.45) is 0 Å². The van der Waals surface area contributed by atoms with Gasteiger partial charge < -0.3 is 9.63 Å². The number of aromatic nitrogens is 4. The van der Waals surface area contributed by atoms with E-state index >= 15 is 0 Å². The van der Waals surface area contributed by atoms with E-state index in [-0.39, 0.29) is 5.89 Å². The lowest BCUT2D eigenvalue weighted by Gasteiger charge is -1.92. The molecular formula is C8H8N4O2. The maximum Gasteiger partial charge on any atom is 0.255 e. The maximum absolute atomic E-state index is 9.15. The van der Waals surface area contributed by atoms with Crippen LogP contribution in [0.1, 0.15) is 18.9 Å². The normalized spacial score (nSPS) is 12.7. The van der Waals surface area contributed by atoms with Gasteiger partial charge in [0.2, 0.25) is 5.82 Å². The molecule has 2 heterocycles. The van der Waals surface area contributed by atoms with Crippen molar-refractivity contribution in [1.82, 2.24) is 20.1 Å². The molecule has 0 bridgehead atoms. The van der Waals surface area contributed by atoms with Crippen LogP contribution in [0.4, 0.5) is 0 Å². The van der Waals surface area contributed by atoms with Crippen LogP contribution in [0.15, 0.2) is 23.1 Å². The topological polar surface area (TPSA) is 84.9 Å². The van der Waals surface area contributed by atoms with Crippen molar-refractivity contribution in [3.05, 3.63) is 24.5 Å². The van der Waals surface area contributed by atoms with Crippen molar-refractivity contribution in [2.45, 2.75) is 13.0 Å². The first kappa shape index (κ1) is 8.76. The summed E-state index contributed by atoms with van der Waals surface area (Å²) in [6.07, 6.45) is 2.21. The Bertz CT molecular complexity index is 412. The lowest BCUT2D eigenvalue weighted by molar-refractivity contribution is 0.152. The average molecular weight is 192 g/mol. The van der Waals surface area contributed by atoms with Crippen molar-refractivity contribution in [3.8, 4) is 11.5 Å². The van der Waals surface area contributed by atoms with Crippen LogP contribution < -0.4 is 0 Å². The van der Waals surface area contributed by atoms with Gasteiger partial charge in [-0.2, -0.15) is 4.98 Å². The van der Waals surface area contributed by atoms with E-state index in [0.717, 1.165) is 0 Å². The zero-order valence-electron chi connectivity index (χ0n) is 7.45. The summed E-state index contributed by atoms with van der Waals surface area (Å²) in [5, 5.41) is 12.8. The fraction of sp³-hybridized carbons (Fsp3) is 0.250. The predicted octanol–water partition coefficient (Wildman–Crippen LogP) is 0.580. The quantitative estimate of drug-likeness (QED) is 0.749. The highest BCUT2D eigenvalue weighted by atomic mass is 16.5. The Morgan fingerprint density at radius 3 is 2.93 bits per heavy atom. The molecule has 6 nitrogen and oxygen atoms in total. The highest BCUT2D eigenvalue weighted by Crippen LogP contribution is 2.15. The fourth-order valence-corrected chi connectivity index (χ4v) is 0.932. The number of aliphatic hydroxyl groups excluding tert-OH is 1. The second-order valence-electron chi connectivity index (χ2n) is 2.73. The van der Waals surface area contributed by atoms with Crippen molar-refractivity contribution in [1.29, 1.82) is 0 Å². The van der Waals surface area contributed by atoms with Gasteiger partial charge >= 0.3 is 0 Å². The van der Waals surface area contributed by atoms with Crippen molar-refractivity contribution in [2.75, 3.05) is 0 Å². The Kier molecular flexibility index (Phi) is 2.19. The standard InChI is InChI=1S/C8H8N4O2/c1-5(13)8-11-7(12-14-8)6-2-3-9-4-10-6/h2-5,13H,1H3/t5-/m0/s1. The lowest BCUT2D eigenvalue weighted by atomic mass is 10.4. The molecule has 0 aromatic carbocycles. The van der Waals surface area contributed by atoms with E-state index in [4.69, 9.17) is 9.63 Å². The SMILES string of the molecule is C[C@H](O)c1nc(-c2ccncn2)no1. The summed E-state index contributed by atoms with van der Waals surface area (Å²) in [4.78, 5) is 11.7. The van der Waals surface area contributed by atoms with Gasteiger partial charge in [0.1, 0.15) is 18.1 Å². The first-order chi connectivity index (χ1) is 6.77. The van der Waals surface area contributed by atoms with Crippen molar-refractivity contribution >= 4 is 0 Å². The minimum atomic E-state index is -0.766. The summed E-state index contributed by atoms with van der Waals surface area (Å²) >= 11 is 0. The molecule has 72 valence electrons. The Balaban J connectivity index is 2.34. The van der Waals surface area contributed by atoms with E-state index in [1.165, 1.54) is 6.33 Å². The number of nitrogens with zero attached hydrogens (tertiary/aromatic N) is 4. The molecule has 0 saturated carbocycles. The van der Waals surface area contributed by atoms with Gasteiger partial charge in [-0.3, -0.25) is 0 Å². The van der Waals surface area contributed by atoms with Gasteiger partial charge in [0.15, 0.2) is 0 Å². The third-order valence-corrected chi connectivity index (χ3v) is 1.61. The molecule has 0 saturated heterocycles. The molecule has 6 heteroatoms. The molecule has 14 heavy (non-hydrogen) atoms. The molecule has 1 atom stereocenters. The minimum Gasteiger partial charge on any atom is -0.384 e. The Labute approximate surface area is 79.6 Å². The van der Waals surface area contributed by atoms with Crippen LogP contribution in [0.5, 0.6) is 0 Å². The van der Waals surface area contributed by atoms with Crippen molar-refractivity contribution < 1.29 is 9.63 Å². The molecule has 2 aromatic rings. The number of aliphatic hydroxyl groups is 1. The molecule has 0 fully saturated rings. The van der Waals surface area contributed by atoms with Crippen LogP contribution in [0.3, 0.4) is 0 Å². The van der Waals surface area contributed by atoms with Gasteiger partial charge in [0.25, 0.3) is 5.89 Å². The van der Waals surface area contributed by atoms with Gasteiger partial charge in [-0.1, -0.05) is 5.16 Å². The molecule has 0 aliphatic carbocycles. The second-order valence-corrected chi connectivity index (χ2v) is 2.73. The highest BCUT2D eigenvalue weighted by molar-refractivity contribution is 5.46. The zero-order valence-corrected chi connectivity index (χ0v) is 7.45. The average Bonchev–Trinajstić information content (AvgIpc) is 2.68.